The Hall–Kier alpha value is -1.81. The fraction of sp³-hybridized carbons (Fsp3) is 0.0909. The van der Waals surface area contributed by atoms with Crippen LogP contribution >= 0.6 is 11.6 Å². The summed E-state index contributed by atoms with van der Waals surface area (Å²) in [5.74, 6) is -1.57. The van der Waals surface area contributed by atoms with Gasteiger partial charge in [-0.25, -0.2) is 4.79 Å². The van der Waals surface area contributed by atoms with E-state index in [0.29, 0.717) is 5.02 Å². The largest absolute Gasteiger partial charge is 0.478 e. The number of nitrogens with one attached hydrogen (secondary N) is 1. The number of aromatic carboxylic acids is 1. The van der Waals surface area contributed by atoms with Crippen molar-refractivity contribution in [3.63, 3.8) is 0 Å². The standard InChI is InChI=1S/C11H10ClNO3/c1-6(2)10(14)13-9-5-7(12)3-4-8(9)11(15)16/h3-5H,1H2,2H3,(H,13,14)(H,15,16). The van der Waals surface area contributed by atoms with Crippen LogP contribution in [0, 0.1) is 0 Å². The zero-order chi connectivity index (χ0) is 12.3. The van der Waals surface area contributed by atoms with Crippen molar-refractivity contribution >= 4 is 29.2 Å². The van der Waals surface area contributed by atoms with Gasteiger partial charge in [0.05, 0.1) is 11.3 Å². The Morgan fingerprint density at radius 1 is 1.44 bits per heavy atom. The molecule has 1 rings (SSSR count). The minimum absolute atomic E-state index is 0.0148. The van der Waals surface area contributed by atoms with Crippen LogP contribution in [-0.2, 0) is 4.79 Å². The van der Waals surface area contributed by atoms with Crippen LogP contribution in [0.1, 0.15) is 17.3 Å². The summed E-state index contributed by atoms with van der Waals surface area (Å²) in [6, 6.07) is 4.16. The number of carboxylic acids is 1. The molecule has 0 aromatic heterocycles. The number of anilines is 1. The highest BCUT2D eigenvalue weighted by molar-refractivity contribution is 6.31. The summed E-state index contributed by atoms with van der Waals surface area (Å²) in [5, 5.41) is 11.7. The lowest BCUT2D eigenvalue weighted by Crippen LogP contribution is -2.14. The molecule has 1 amide bonds. The molecular formula is C11H10ClNO3. The van der Waals surface area contributed by atoms with E-state index in [2.05, 4.69) is 11.9 Å². The highest BCUT2D eigenvalue weighted by Crippen LogP contribution is 2.21. The molecule has 2 N–H and O–H groups in total. The van der Waals surface area contributed by atoms with Gasteiger partial charge in [0.2, 0.25) is 0 Å². The number of rotatable bonds is 3. The SMILES string of the molecule is C=C(C)C(=O)Nc1cc(Cl)ccc1C(=O)O. The Labute approximate surface area is 97.5 Å². The highest BCUT2D eigenvalue weighted by atomic mass is 35.5. The molecule has 0 aliphatic heterocycles. The third kappa shape index (κ3) is 2.84. The lowest BCUT2D eigenvalue weighted by atomic mass is 10.1. The second kappa shape index (κ2) is 4.81. The first-order chi connectivity index (χ1) is 7.41. The topological polar surface area (TPSA) is 66.4 Å². The summed E-state index contributed by atoms with van der Waals surface area (Å²) >= 11 is 5.72. The van der Waals surface area contributed by atoms with Crippen LogP contribution in [0.25, 0.3) is 0 Å². The third-order valence-electron chi connectivity index (χ3n) is 1.85. The van der Waals surface area contributed by atoms with Gasteiger partial charge in [-0.1, -0.05) is 18.2 Å². The molecule has 0 radical (unpaired) electrons. The second-order valence-corrected chi connectivity index (χ2v) is 3.67. The molecule has 0 fully saturated rings. The average Bonchev–Trinajstić information content (AvgIpc) is 2.16. The first-order valence-electron chi connectivity index (χ1n) is 4.41. The van der Waals surface area contributed by atoms with Gasteiger partial charge in [0.1, 0.15) is 0 Å². The van der Waals surface area contributed by atoms with Gasteiger partial charge >= 0.3 is 5.97 Å². The number of carboxylic acid groups (broad SMARTS) is 1. The Kier molecular flexibility index (Phi) is 3.68. The van der Waals surface area contributed by atoms with Crippen LogP contribution in [0.15, 0.2) is 30.4 Å². The molecule has 0 aliphatic carbocycles. The van der Waals surface area contributed by atoms with Crippen molar-refractivity contribution < 1.29 is 14.7 Å². The Bertz CT molecular complexity index is 468. The first-order valence-corrected chi connectivity index (χ1v) is 4.79. The number of halogens is 1. The second-order valence-electron chi connectivity index (χ2n) is 3.23. The van der Waals surface area contributed by atoms with Crippen molar-refractivity contribution in [2.45, 2.75) is 6.92 Å². The molecule has 5 heteroatoms. The van der Waals surface area contributed by atoms with E-state index in [1.54, 1.807) is 0 Å². The Morgan fingerprint density at radius 3 is 2.56 bits per heavy atom. The van der Waals surface area contributed by atoms with Crippen LogP contribution in [-0.4, -0.2) is 17.0 Å². The molecule has 0 saturated carbocycles. The molecule has 0 saturated heterocycles. The maximum absolute atomic E-state index is 11.4. The predicted molar refractivity (Wildman–Crippen MR) is 61.9 cm³/mol. The molecule has 4 nitrogen and oxygen atoms in total. The number of carbonyl (C=O) groups excluding carboxylic acids is 1. The van der Waals surface area contributed by atoms with Gasteiger partial charge in [-0.2, -0.15) is 0 Å². The van der Waals surface area contributed by atoms with Crippen LogP contribution < -0.4 is 5.32 Å². The van der Waals surface area contributed by atoms with E-state index >= 15 is 0 Å². The van der Waals surface area contributed by atoms with E-state index in [9.17, 15) is 9.59 Å². The van der Waals surface area contributed by atoms with Crippen molar-refractivity contribution in [3.05, 3.63) is 40.9 Å². The van der Waals surface area contributed by atoms with Crippen LogP contribution in [0.5, 0.6) is 0 Å². The van der Waals surface area contributed by atoms with Crippen molar-refractivity contribution in [2.75, 3.05) is 5.32 Å². The molecule has 0 bridgehead atoms. The Morgan fingerprint density at radius 2 is 2.06 bits per heavy atom. The minimum Gasteiger partial charge on any atom is -0.478 e. The van der Waals surface area contributed by atoms with E-state index < -0.39 is 11.9 Å². The van der Waals surface area contributed by atoms with E-state index in [4.69, 9.17) is 16.7 Å². The number of amides is 1. The average molecular weight is 240 g/mol. The molecule has 0 atom stereocenters. The molecule has 16 heavy (non-hydrogen) atoms. The van der Waals surface area contributed by atoms with Crippen molar-refractivity contribution in [2.24, 2.45) is 0 Å². The number of hydrogen-bond acceptors (Lipinski definition) is 2. The molecule has 84 valence electrons. The van der Waals surface area contributed by atoms with Crippen LogP contribution in [0.4, 0.5) is 5.69 Å². The summed E-state index contributed by atoms with van der Waals surface area (Å²) in [4.78, 5) is 22.2. The maximum atomic E-state index is 11.4. The van der Waals surface area contributed by atoms with Crippen LogP contribution in [0.3, 0.4) is 0 Å². The van der Waals surface area contributed by atoms with Crippen molar-refractivity contribution in [1.82, 2.24) is 0 Å². The Balaban J connectivity index is 3.10. The van der Waals surface area contributed by atoms with Gasteiger partial charge in [0.25, 0.3) is 5.91 Å². The molecule has 1 aromatic carbocycles. The number of hydrogen-bond donors (Lipinski definition) is 2. The fourth-order valence-electron chi connectivity index (χ4n) is 1.04. The predicted octanol–water partition coefficient (Wildman–Crippen LogP) is 2.55. The van der Waals surface area contributed by atoms with Crippen molar-refractivity contribution in [3.8, 4) is 0 Å². The molecule has 0 aliphatic rings. The summed E-state index contributed by atoms with van der Waals surface area (Å²) in [7, 11) is 0. The summed E-state index contributed by atoms with van der Waals surface area (Å²) in [6.45, 7) is 4.98. The zero-order valence-electron chi connectivity index (χ0n) is 8.58. The molecule has 0 heterocycles. The monoisotopic (exact) mass is 239 g/mol. The number of carbonyl (C=O) groups is 2. The highest BCUT2D eigenvalue weighted by Gasteiger charge is 2.12. The van der Waals surface area contributed by atoms with Gasteiger partial charge in [-0.3, -0.25) is 4.79 Å². The van der Waals surface area contributed by atoms with E-state index in [1.165, 1.54) is 25.1 Å². The minimum atomic E-state index is -1.13. The fourth-order valence-corrected chi connectivity index (χ4v) is 1.21. The zero-order valence-corrected chi connectivity index (χ0v) is 9.34. The first kappa shape index (κ1) is 12.3. The molecular weight excluding hydrogens is 230 g/mol. The summed E-state index contributed by atoms with van der Waals surface area (Å²) in [5.41, 5.74) is 0.434. The van der Waals surface area contributed by atoms with Gasteiger partial charge in [0, 0.05) is 10.6 Å². The normalized spacial score (nSPS) is 9.62. The summed E-state index contributed by atoms with van der Waals surface area (Å²) in [6.07, 6.45) is 0. The van der Waals surface area contributed by atoms with Gasteiger partial charge in [-0.15, -0.1) is 0 Å². The van der Waals surface area contributed by atoms with Crippen molar-refractivity contribution in [1.29, 1.82) is 0 Å². The van der Waals surface area contributed by atoms with E-state index in [0.717, 1.165) is 0 Å². The molecule has 1 aromatic rings. The summed E-state index contributed by atoms with van der Waals surface area (Å²) < 4.78 is 0. The van der Waals surface area contributed by atoms with E-state index in [-0.39, 0.29) is 16.8 Å². The molecule has 0 spiro atoms. The molecule has 0 unspecified atom stereocenters. The third-order valence-corrected chi connectivity index (χ3v) is 2.08. The quantitative estimate of drug-likeness (QED) is 0.797. The number of benzene rings is 1. The van der Waals surface area contributed by atoms with Gasteiger partial charge in [-0.05, 0) is 25.1 Å². The maximum Gasteiger partial charge on any atom is 0.337 e. The lowest BCUT2D eigenvalue weighted by Gasteiger charge is -2.08. The smallest absolute Gasteiger partial charge is 0.337 e. The lowest BCUT2D eigenvalue weighted by molar-refractivity contribution is -0.112. The van der Waals surface area contributed by atoms with Gasteiger partial charge in [0.15, 0.2) is 0 Å². The van der Waals surface area contributed by atoms with E-state index in [1.807, 2.05) is 0 Å². The van der Waals surface area contributed by atoms with Gasteiger partial charge < -0.3 is 10.4 Å². The van der Waals surface area contributed by atoms with Crippen LogP contribution in [0.2, 0.25) is 5.02 Å².